The summed E-state index contributed by atoms with van der Waals surface area (Å²) in [6, 6.07) is 16.5. The monoisotopic (exact) mass is 514 g/mol. The number of hydrogen-bond acceptors (Lipinski definition) is 0. The van der Waals surface area contributed by atoms with Gasteiger partial charge in [0.05, 0.1) is 0 Å². The van der Waals surface area contributed by atoms with Crippen molar-refractivity contribution in [3.8, 4) is 0 Å². The highest BCUT2D eigenvalue weighted by Crippen LogP contribution is 2.33. The van der Waals surface area contributed by atoms with Crippen LogP contribution in [0.1, 0.15) is 76.8 Å². The Balaban J connectivity index is 0.000000328. The van der Waals surface area contributed by atoms with Gasteiger partial charge < -0.3 is 0 Å². The molecule has 0 unspecified atom stereocenters. The van der Waals surface area contributed by atoms with Crippen molar-refractivity contribution in [3.63, 3.8) is 0 Å². The fourth-order valence-corrected chi connectivity index (χ4v) is 6.30. The first-order chi connectivity index (χ1) is 14.5. The molecule has 3 aromatic carbocycles. The number of unbranched alkanes of at least 4 members (excludes halogenated alkanes) is 5. The van der Waals surface area contributed by atoms with E-state index in [0.29, 0.717) is 0 Å². The molecule has 178 valence electrons. The van der Waals surface area contributed by atoms with E-state index >= 15 is 0 Å². The van der Waals surface area contributed by atoms with E-state index in [1.54, 1.807) is 11.1 Å². The van der Waals surface area contributed by atoms with E-state index in [1.807, 2.05) is 0 Å². The van der Waals surface area contributed by atoms with Crippen LogP contribution in [0.25, 0.3) is 21.5 Å². The van der Waals surface area contributed by atoms with Gasteiger partial charge in [-0.3, -0.25) is 4.70 Å². The summed E-state index contributed by atoms with van der Waals surface area (Å²) in [5, 5.41) is 5.64. The third-order valence-electron chi connectivity index (χ3n) is 6.07. The molecule has 5 heteroatoms. The standard InChI is InChI=1S/C18H16.C8H17Cl3Si.CH4.FH/c1-3-7-15-13(5-1)9-11-18-16-8-4-2-6-14(16)10-12-17(15)18;1-2-3-4-5-6-7-8-12(9,10)11;;/h1,3,5,7,9-12H,2,4,6,8H2;2-8H2,1H3;1H4;1H. The lowest BCUT2D eigenvalue weighted by molar-refractivity contribution is 0.624. The maximum atomic E-state index is 5.74. The average molecular weight is 516 g/mol. The van der Waals surface area contributed by atoms with Gasteiger partial charge in [-0.25, -0.2) is 0 Å². The number of hydrogen-bond donors (Lipinski definition) is 0. The Labute approximate surface area is 209 Å². The van der Waals surface area contributed by atoms with Crippen molar-refractivity contribution < 1.29 is 4.70 Å². The molecule has 3 aromatic rings. The first kappa shape index (κ1) is 29.2. The van der Waals surface area contributed by atoms with Crippen LogP contribution in [-0.4, -0.2) is 6.00 Å². The molecule has 0 amide bonds. The molecule has 4 rings (SSSR count). The van der Waals surface area contributed by atoms with Gasteiger partial charge in [0, 0.05) is 0 Å². The molecule has 0 fully saturated rings. The van der Waals surface area contributed by atoms with Gasteiger partial charge in [-0.05, 0) is 64.4 Å². The second-order valence-electron chi connectivity index (χ2n) is 8.43. The van der Waals surface area contributed by atoms with Crippen molar-refractivity contribution in [1.29, 1.82) is 0 Å². The Bertz CT molecular complexity index is 953. The highest BCUT2D eigenvalue weighted by atomic mass is 35.8. The minimum absolute atomic E-state index is 0. The van der Waals surface area contributed by atoms with Crippen LogP contribution in [0.5, 0.6) is 0 Å². The summed E-state index contributed by atoms with van der Waals surface area (Å²) in [5.41, 5.74) is 3.17. The fourth-order valence-electron chi connectivity index (χ4n) is 4.45. The summed E-state index contributed by atoms with van der Waals surface area (Å²) < 4.78 is 0. The molecule has 0 spiro atoms. The Morgan fingerprint density at radius 3 is 2.12 bits per heavy atom. The highest BCUT2D eigenvalue weighted by molar-refractivity contribution is 7.64. The quantitative estimate of drug-likeness (QED) is 0.127. The summed E-state index contributed by atoms with van der Waals surface area (Å²) in [6.45, 7) is 2.22. The zero-order chi connectivity index (χ0) is 21.4. The van der Waals surface area contributed by atoms with Crippen LogP contribution < -0.4 is 0 Å². The molecule has 0 heterocycles. The minimum Gasteiger partial charge on any atom is -0.269 e. The van der Waals surface area contributed by atoms with E-state index in [4.69, 9.17) is 33.2 Å². The molecule has 0 bridgehead atoms. The average Bonchev–Trinajstić information content (AvgIpc) is 2.75. The van der Waals surface area contributed by atoms with Gasteiger partial charge in [0.25, 0.3) is 0 Å². The number of rotatable bonds is 7. The van der Waals surface area contributed by atoms with Crippen LogP contribution in [0.2, 0.25) is 6.04 Å². The Morgan fingerprint density at radius 2 is 1.38 bits per heavy atom. The first-order valence-electron chi connectivity index (χ1n) is 11.5. The topological polar surface area (TPSA) is 0 Å². The van der Waals surface area contributed by atoms with Crippen LogP contribution in [-0.2, 0) is 12.8 Å². The normalized spacial score (nSPS) is 12.9. The summed E-state index contributed by atoms with van der Waals surface area (Å²) >= 11 is 17.2. The molecule has 0 N–H and O–H groups in total. The lowest BCUT2D eigenvalue weighted by atomic mass is 9.86. The fraction of sp³-hybridized carbons (Fsp3) is 0.481. The van der Waals surface area contributed by atoms with Crippen molar-refractivity contribution >= 4 is 60.8 Å². The van der Waals surface area contributed by atoms with Crippen LogP contribution >= 0.6 is 33.2 Å². The van der Waals surface area contributed by atoms with E-state index in [0.717, 1.165) is 12.5 Å². The SMILES string of the molecule is C.CCCCCCCC[Si](Cl)(Cl)Cl.F.c1ccc2c(c1)ccc1c3c(ccc12)CCCC3. The predicted molar refractivity (Wildman–Crippen MR) is 149 cm³/mol. The first-order valence-corrected chi connectivity index (χ1v) is 16.7. The molecular weight excluding hydrogens is 478 g/mol. The van der Waals surface area contributed by atoms with Crippen LogP contribution in [0.3, 0.4) is 0 Å². The largest absolute Gasteiger partial charge is 0.341 e. The molecule has 0 aromatic heterocycles. The smallest absolute Gasteiger partial charge is 0.269 e. The molecule has 0 saturated heterocycles. The van der Waals surface area contributed by atoms with E-state index in [-0.39, 0.29) is 12.1 Å². The Kier molecular flexibility index (Phi) is 13.2. The molecular formula is C27H38Cl3FSi. The van der Waals surface area contributed by atoms with Crippen molar-refractivity contribution in [2.75, 3.05) is 0 Å². The lowest BCUT2D eigenvalue weighted by Crippen LogP contribution is -2.07. The number of aryl methyl sites for hydroxylation is 2. The second-order valence-corrected chi connectivity index (χ2v) is 17.7. The maximum Gasteiger partial charge on any atom is 0.341 e. The van der Waals surface area contributed by atoms with E-state index in [9.17, 15) is 0 Å². The summed E-state index contributed by atoms with van der Waals surface area (Å²) in [6.07, 6.45) is 12.8. The number of benzene rings is 3. The van der Waals surface area contributed by atoms with E-state index < -0.39 is 6.00 Å². The van der Waals surface area contributed by atoms with Crippen molar-refractivity contribution in [2.24, 2.45) is 0 Å². The van der Waals surface area contributed by atoms with Crippen molar-refractivity contribution in [2.45, 2.75) is 84.6 Å². The van der Waals surface area contributed by atoms with Crippen LogP contribution in [0, 0.1) is 0 Å². The van der Waals surface area contributed by atoms with Gasteiger partial charge in [-0.2, -0.15) is 0 Å². The van der Waals surface area contributed by atoms with Crippen molar-refractivity contribution in [1.82, 2.24) is 0 Å². The third-order valence-corrected chi connectivity index (χ3v) is 8.69. The molecule has 32 heavy (non-hydrogen) atoms. The Hall–Kier alpha value is -0.803. The van der Waals surface area contributed by atoms with Gasteiger partial charge >= 0.3 is 6.00 Å². The van der Waals surface area contributed by atoms with Gasteiger partial charge in [0.2, 0.25) is 0 Å². The maximum absolute atomic E-state index is 5.74. The van der Waals surface area contributed by atoms with Crippen LogP contribution in [0.4, 0.5) is 4.70 Å². The summed E-state index contributed by atoms with van der Waals surface area (Å²) in [7, 11) is 0. The summed E-state index contributed by atoms with van der Waals surface area (Å²) in [4.78, 5) is 0. The second kappa shape index (κ2) is 14.5. The number of halogens is 4. The minimum atomic E-state index is -2.31. The number of fused-ring (bicyclic) bond motifs is 5. The predicted octanol–water partition coefficient (Wildman–Crippen LogP) is 10.7. The van der Waals surface area contributed by atoms with Gasteiger partial charge in [-0.15, -0.1) is 33.2 Å². The molecule has 1 aliphatic carbocycles. The zero-order valence-electron chi connectivity index (χ0n) is 18.4. The van der Waals surface area contributed by atoms with E-state index in [2.05, 4.69) is 55.5 Å². The molecule has 0 nitrogen and oxygen atoms in total. The van der Waals surface area contributed by atoms with Crippen LogP contribution in [0.15, 0.2) is 48.5 Å². The van der Waals surface area contributed by atoms with Gasteiger partial charge in [-0.1, -0.05) is 101 Å². The van der Waals surface area contributed by atoms with Gasteiger partial charge in [0.1, 0.15) is 0 Å². The third kappa shape index (κ3) is 8.52. The highest BCUT2D eigenvalue weighted by Gasteiger charge is 2.23. The molecule has 1 aliphatic rings. The molecule has 0 radical (unpaired) electrons. The lowest BCUT2D eigenvalue weighted by Gasteiger charge is -2.18. The zero-order valence-corrected chi connectivity index (χ0v) is 21.7. The van der Waals surface area contributed by atoms with Gasteiger partial charge in [0.15, 0.2) is 0 Å². The Morgan fingerprint density at radius 1 is 0.719 bits per heavy atom. The van der Waals surface area contributed by atoms with E-state index in [1.165, 1.54) is 79.3 Å². The molecule has 0 saturated carbocycles. The van der Waals surface area contributed by atoms with Crippen molar-refractivity contribution in [3.05, 3.63) is 59.7 Å². The molecule has 0 aliphatic heterocycles. The molecule has 0 atom stereocenters. The summed E-state index contributed by atoms with van der Waals surface area (Å²) in [5.74, 6) is 0.